The van der Waals surface area contributed by atoms with Crippen LogP contribution in [-0.4, -0.2) is 131 Å². The average Bonchev–Trinajstić information content (AvgIpc) is 3.56. The number of carbonyl (C=O) groups excluding carboxylic acids is 4. The lowest BCUT2D eigenvalue weighted by Crippen LogP contribution is -2.29. The summed E-state index contributed by atoms with van der Waals surface area (Å²) in [6, 6.07) is 21.1. The van der Waals surface area contributed by atoms with Crippen LogP contribution in [-0.2, 0) is 75.4 Å². The molecule has 422 valence electrons. The number of rotatable bonds is 15. The van der Waals surface area contributed by atoms with Crippen LogP contribution in [0.3, 0.4) is 0 Å². The second-order valence-corrected chi connectivity index (χ2v) is 23.1. The minimum absolute atomic E-state index is 0.0113. The van der Waals surface area contributed by atoms with Crippen molar-refractivity contribution < 1.29 is 81.4 Å². The van der Waals surface area contributed by atoms with Crippen molar-refractivity contribution in [2.75, 3.05) is 75.6 Å². The number of primary sulfonamides is 2. The molecule has 29 heteroatoms. The van der Waals surface area contributed by atoms with Gasteiger partial charge >= 0.3 is 18.0 Å². The van der Waals surface area contributed by atoms with E-state index in [4.69, 9.17) is 24.8 Å². The molecule has 0 aromatic heterocycles. The molecule has 5 atom stereocenters. The summed E-state index contributed by atoms with van der Waals surface area (Å²) < 4.78 is 124. The number of hydrogen-bond acceptors (Lipinski definition) is 18. The minimum atomic E-state index is -3.92. The van der Waals surface area contributed by atoms with Crippen LogP contribution in [0.15, 0.2) is 78.9 Å². The standard InChI is InChI=1S/C15H21N3O4S.C11H14FNO4S.C10H12FNO3S.C10H11FO2.CH4BrNO2S/c1-16-7-14-9-18(15(19)21-14)13-5-3-11(4-6-13)12-8-17(2)23-22-20-10-12;1-7-3-4-8(10(12)5-7)9(11(14)17-2)6-18(13,15)16;1-6-2-3-7(9(11)4-6)8(10(12)13)5-16(14)15;1-7-3-4-8(9(11)5-7)6-10(12)13-2;2-1-6(3,4)5/h3-6,12,14,16H,7-10H2,1-2H3;3-5,9H,6H2,1-2H3,(H2,13,15,16);2-4,8H,5H2,1H3,(H2,12,13)(H,14,15);3-5H,6H2,1-2H3;1H2,(H2,3,4,5)/p-1/t12?,14-;;;;/m0..../s1. The van der Waals surface area contributed by atoms with Crippen molar-refractivity contribution in [3.63, 3.8) is 0 Å². The van der Waals surface area contributed by atoms with E-state index >= 15 is 0 Å². The molecule has 4 unspecified atom stereocenters. The van der Waals surface area contributed by atoms with Gasteiger partial charge in [0.25, 0.3) is 0 Å². The van der Waals surface area contributed by atoms with E-state index in [0.29, 0.717) is 36.4 Å². The fraction of sp³-hybridized carbons (Fsp3) is 0.404. The lowest BCUT2D eigenvalue weighted by molar-refractivity contribution is -0.191. The molecular formula is C47H61BrF3N6O15S4-. The number of methoxy groups -OCH3 is 2. The normalized spacial score (nSPS) is 16.7. The molecule has 2 amide bonds. The molecule has 4 aromatic carbocycles. The molecule has 4 aromatic rings. The van der Waals surface area contributed by atoms with E-state index in [1.165, 1.54) is 49.7 Å². The first-order valence-corrected chi connectivity index (χ1v) is 28.8. The molecular weight excluding hydrogens is 1150 g/mol. The number of primary amides is 1. The number of anilines is 1. The Balaban J connectivity index is 0.000000340. The zero-order chi connectivity index (χ0) is 57.5. The van der Waals surface area contributed by atoms with Crippen LogP contribution in [0.5, 0.6) is 0 Å². The predicted octanol–water partition coefficient (Wildman–Crippen LogP) is 4.51. The van der Waals surface area contributed by atoms with Crippen molar-refractivity contribution in [2.45, 2.75) is 51.0 Å². The first kappa shape index (κ1) is 67.1. The SMILES string of the molecule is CNC[C@H]1CN(c2ccc(C3COOSN(C)C3)cc2)C(=O)O1.COC(=O)C(CS(N)(=O)=O)c1ccc(C)cc1F.COC(=O)Cc1ccc(C)cc1F.Cc1ccc(C(CS(=O)[O-])C(N)=O)c(F)c1.NS(=O)(=O)CBr. The Morgan fingerprint density at radius 2 is 1.38 bits per heavy atom. The molecule has 0 aliphatic carbocycles. The molecule has 2 fully saturated rings. The quantitative estimate of drug-likeness (QED) is 0.0242. The molecule has 21 nitrogen and oxygen atoms in total. The topological polar surface area (TPSA) is 319 Å². The first-order chi connectivity index (χ1) is 35.5. The van der Waals surface area contributed by atoms with Gasteiger partial charge in [0, 0.05) is 41.6 Å². The molecule has 6 rings (SSSR count). The van der Waals surface area contributed by atoms with Crippen LogP contribution in [0.1, 0.15) is 56.7 Å². The number of carbonyl (C=O) groups is 4. The van der Waals surface area contributed by atoms with Gasteiger partial charge in [-0.05, 0) is 93.0 Å². The third-order valence-electron chi connectivity index (χ3n) is 10.5. The Kier molecular flexibility index (Phi) is 28.8. The highest BCUT2D eigenvalue weighted by atomic mass is 79.9. The molecule has 2 heterocycles. The number of sulfonamides is 2. The number of aryl methyl sites for hydroxylation is 3. The van der Waals surface area contributed by atoms with Crippen molar-refractivity contribution in [3.05, 3.63) is 135 Å². The molecule has 0 spiro atoms. The van der Waals surface area contributed by atoms with Crippen LogP contribution in [0.25, 0.3) is 0 Å². The summed E-state index contributed by atoms with van der Waals surface area (Å²) in [7, 11) is -0.971. The summed E-state index contributed by atoms with van der Waals surface area (Å²) in [6.07, 6.45) is -0.409. The third kappa shape index (κ3) is 24.5. The van der Waals surface area contributed by atoms with E-state index in [2.05, 4.69) is 35.9 Å². The van der Waals surface area contributed by atoms with Crippen LogP contribution < -0.4 is 26.2 Å². The maximum Gasteiger partial charge on any atom is 0.414 e. The monoisotopic (exact) mass is 1210 g/mol. The zero-order valence-electron chi connectivity index (χ0n) is 42.4. The number of nitrogens with zero attached hydrogens (tertiary/aromatic N) is 2. The first-order valence-electron chi connectivity index (χ1n) is 22.3. The molecule has 0 radical (unpaired) electrons. The minimum Gasteiger partial charge on any atom is -0.772 e. The van der Waals surface area contributed by atoms with Crippen molar-refractivity contribution >= 4 is 88.9 Å². The summed E-state index contributed by atoms with van der Waals surface area (Å²) in [5.74, 6) is -7.12. The Hall–Kier alpha value is -5.05. The van der Waals surface area contributed by atoms with E-state index in [-0.39, 0.29) is 46.1 Å². The van der Waals surface area contributed by atoms with Gasteiger partial charge in [0.1, 0.15) is 40.4 Å². The highest BCUT2D eigenvalue weighted by molar-refractivity contribution is 9.10. The number of nitrogens with one attached hydrogen (secondary N) is 1. The van der Waals surface area contributed by atoms with Gasteiger partial charge in [0.15, 0.2) is 0 Å². The van der Waals surface area contributed by atoms with E-state index in [9.17, 15) is 57.9 Å². The molecule has 0 saturated carbocycles. The van der Waals surface area contributed by atoms with Crippen molar-refractivity contribution in [3.8, 4) is 0 Å². The number of esters is 2. The number of cyclic esters (lactones) is 1. The van der Waals surface area contributed by atoms with E-state index < -0.39 is 83.9 Å². The summed E-state index contributed by atoms with van der Waals surface area (Å²) in [6.45, 7) is 7.73. The van der Waals surface area contributed by atoms with Crippen LogP contribution in [0.2, 0.25) is 0 Å². The number of benzene rings is 4. The van der Waals surface area contributed by atoms with Crippen LogP contribution >= 0.6 is 28.2 Å². The second-order valence-electron chi connectivity index (χ2n) is 16.7. The summed E-state index contributed by atoms with van der Waals surface area (Å²) in [4.78, 5) is 52.2. The fourth-order valence-electron chi connectivity index (χ4n) is 6.74. The number of amides is 2. The molecule has 2 aliphatic heterocycles. The van der Waals surface area contributed by atoms with Gasteiger partial charge in [-0.25, -0.2) is 54.3 Å². The van der Waals surface area contributed by atoms with E-state index in [0.717, 1.165) is 30.5 Å². The van der Waals surface area contributed by atoms with Crippen molar-refractivity contribution in [1.82, 2.24) is 9.62 Å². The highest BCUT2D eigenvalue weighted by Gasteiger charge is 2.32. The maximum absolute atomic E-state index is 13.7. The average molecular weight is 1220 g/mol. The molecule has 0 bridgehead atoms. The van der Waals surface area contributed by atoms with E-state index in [1.54, 1.807) is 49.9 Å². The van der Waals surface area contributed by atoms with Gasteiger partial charge in [0.2, 0.25) is 26.0 Å². The number of halogens is 4. The number of hydrogen-bond donors (Lipinski definition) is 4. The Morgan fingerprint density at radius 3 is 1.83 bits per heavy atom. The lowest BCUT2D eigenvalue weighted by atomic mass is 9.98. The Labute approximate surface area is 455 Å². The number of ether oxygens (including phenoxy) is 3. The molecule has 2 saturated heterocycles. The third-order valence-corrected chi connectivity index (χ3v) is 14.6. The second kappa shape index (κ2) is 32.6. The summed E-state index contributed by atoms with van der Waals surface area (Å²) >= 11 is 1.41. The van der Waals surface area contributed by atoms with Gasteiger partial charge in [0.05, 0.1) is 51.4 Å². The van der Waals surface area contributed by atoms with Gasteiger partial charge in [-0.15, -0.1) is 4.33 Å². The van der Waals surface area contributed by atoms with Gasteiger partial charge in [-0.2, -0.15) is 0 Å². The van der Waals surface area contributed by atoms with Crippen molar-refractivity contribution in [1.29, 1.82) is 0 Å². The van der Waals surface area contributed by atoms with Gasteiger partial charge in [-0.1, -0.05) is 75.5 Å². The van der Waals surface area contributed by atoms with Crippen LogP contribution in [0.4, 0.5) is 23.7 Å². The number of likely N-dealkylation sites (N-methyl/N-ethyl adjacent to an activating group) is 2. The maximum atomic E-state index is 13.7. The summed E-state index contributed by atoms with van der Waals surface area (Å²) in [5.41, 5.74) is 9.59. The fourth-order valence-corrected chi connectivity index (χ4v) is 8.58. The molecule has 2 aliphatic rings. The van der Waals surface area contributed by atoms with E-state index in [1.807, 2.05) is 42.7 Å². The van der Waals surface area contributed by atoms with Gasteiger partial charge < -0.3 is 29.8 Å². The Morgan fingerprint density at radius 1 is 0.855 bits per heavy atom. The molecule has 7 N–H and O–H groups in total. The Bertz CT molecular complexity index is 2830. The smallest absolute Gasteiger partial charge is 0.414 e. The molecule has 76 heavy (non-hydrogen) atoms. The number of alkyl halides is 1. The largest absolute Gasteiger partial charge is 0.772 e. The van der Waals surface area contributed by atoms with Crippen molar-refractivity contribution in [2.24, 2.45) is 16.0 Å². The highest BCUT2D eigenvalue weighted by Crippen LogP contribution is 2.29. The lowest BCUT2D eigenvalue weighted by Gasteiger charge is -2.18. The number of nitrogens with two attached hydrogens (primary N) is 3. The predicted molar refractivity (Wildman–Crippen MR) is 282 cm³/mol. The van der Waals surface area contributed by atoms with Crippen LogP contribution in [0, 0.1) is 38.2 Å². The van der Waals surface area contributed by atoms with Gasteiger partial charge in [-0.3, -0.25) is 23.5 Å². The summed E-state index contributed by atoms with van der Waals surface area (Å²) in [5, 5.41) is 12.4. The zero-order valence-corrected chi connectivity index (χ0v) is 47.2.